The molecular formula is C13H17N. The first kappa shape index (κ1) is 8.34. The van der Waals surface area contributed by atoms with Crippen LogP contribution in [0.25, 0.3) is 0 Å². The fourth-order valence-electron chi connectivity index (χ4n) is 1.87. The van der Waals surface area contributed by atoms with Crippen LogP contribution in [-0.2, 0) is 0 Å². The van der Waals surface area contributed by atoms with E-state index in [0.717, 1.165) is 11.8 Å². The van der Waals surface area contributed by atoms with Crippen molar-refractivity contribution >= 4 is 5.69 Å². The third-order valence-electron chi connectivity index (χ3n) is 3.25. The molecule has 2 aliphatic rings. The Hall–Kier alpha value is -0.980. The van der Waals surface area contributed by atoms with Crippen molar-refractivity contribution in [3.05, 3.63) is 29.8 Å². The molecule has 0 bridgehead atoms. The Kier molecular flexibility index (Phi) is 1.97. The van der Waals surface area contributed by atoms with Gasteiger partial charge in [0.1, 0.15) is 0 Å². The van der Waals surface area contributed by atoms with E-state index in [1.54, 1.807) is 0 Å². The van der Waals surface area contributed by atoms with E-state index in [1.807, 2.05) is 0 Å². The molecule has 0 aliphatic heterocycles. The maximum absolute atomic E-state index is 3.49. The zero-order chi connectivity index (χ0) is 9.38. The summed E-state index contributed by atoms with van der Waals surface area (Å²) < 4.78 is 0. The third-order valence-corrected chi connectivity index (χ3v) is 3.25. The fraction of sp³-hybridized carbons (Fsp3) is 0.538. The van der Waals surface area contributed by atoms with Crippen LogP contribution >= 0.6 is 0 Å². The van der Waals surface area contributed by atoms with E-state index in [9.17, 15) is 0 Å². The van der Waals surface area contributed by atoms with Gasteiger partial charge in [0.15, 0.2) is 0 Å². The fourth-order valence-corrected chi connectivity index (χ4v) is 1.87. The average Bonchev–Trinajstić information content (AvgIpc) is 3.07. The second-order valence-corrected chi connectivity index (χ2v) is 4.72. The molecule has 2 aliphatic carbocycles. The standard InChI is InChI=1S/C13H17N/c1-2-10(1)9-14-13-7-5-12(6-8-13)11-3-4-11/h5-8,10-11,14H,1-4,9H2. The summed E-state index contributed by atoms with van der Waals surface area (Å²) in [5, 5.41) is 3.49. The molecule has 0 saturated heterocycles. The second kappa shape index (κ2) is 3.30. The Morgan fingerprint density at radius 2 is 1.71 bits per heavy atom. The number of rotatable bonds is 4. The van der Waals surface area contributed by atoms with Crippen LogP contribution in [0.1, 0.15) is 37.2 Å². The maximum Gasteiger partial charge on any atom is 0.0340 e. The number of hydrogen-bond donors (Lipinski definition) is 1. The van der Waals surface area contributed by atoms with Gasteiger partial charge in [-0.15, -0.1) is 0 Å². The highest BCUT2D eigenvalue weighted by Gasteiger charge is 2.23. The van der Waals surface area contributed by atoms with Crippen molar-refractivity contribution in [2.75, 3.05) is 11.9 Å². The molecule has 1 aromatic carbocycles. The summed E-state index contributed by atoms with van der Waals surface area (Å²) in [6.45, 7) is 1.17. The average molecular weight is 187 g/mol. The lowest BCUT2D eigenvalue weighted by molar-refractivity contribution is 0.889. The quantitative estimate of drug-likeness (QED) is 0.762. The first-order valence-corrected chi connectivity index (χ1v) is 5.75. The number of hydrogen-bond acceptors (Lipinski definition) is 1. The molecule has 14 heavy (non-hydrogen) atoms. The second-order valence-electron chi connectivity index (χ2n) is 4.72. The van der Waals surface area contributed by atoms with Gasteiger partial charge in [0.25, 0.3) is 0 Å². The number of nitrogens with one attached hydrogen (secondary N) is 1. The Morgan fingerprint density at radius 1 is 1.00 bits per heavy atom. The summed E-state index contributed by atoms with van der Waals surface area (Å²) in [7, 11) is 0. The van der Waals surface area contributed by atoms with Gasteiger partial charge < -0.3 is 5.32 Å². The minimum absolute atomic E-state index is 0.882. The van der Waals surface area contributed by atoms with Crippen molar-refractivity contribution in [1.82, 2.24) is 0 Å². The van der Waals surface area contributed by atoms with E-state index in [2.05, 4.69) is 29.6 Å². The monoisotopic (exact) mass is 187 g/mol. The molecule has 0 aromatic heterocycles. The van der Waals surface area contributed by atoms with Gasteiger partial charge in [-0.3, -0.25) is 0 Å². The van der Waals surface area contributed by atoms with Gasteiger partial charge in [0, 0.05) is 12.2 Å². The van der Waals surface area contributed by atoms with Crippen LogP contribution in [0.4, 0.5) is 5.69 Å². The van der Waals surface area contributed by atoms with Crippen LogP contribution in [-0.4, -0.2) is 6.54 Å². The predicted molar refractivity (Wildman–Crippen MR) is 59.6 cm³/mol. The molecule has 0 unspecified atom stereocenters. The van der Waals surface area contributed by atoms with E-state index in [0.29, 0.717) is 0 Å². The summed E-state index contributed by atoms with van der Waals surface area (Å²) in [5.74, 6) is 1.84. The normalized spacial score (nSPS) is 20.9. The molecular weight excluding hydrogens is 170 g/mol. The van der Waals surface area contributed by atoms with Crippen LogP contribution in [0.2, 0.25) is 0 Å². The lowest BCUT2D eigenvalue weighted by atomic mass is 10.1. The third kappa shape index (κ3) is 1.92. The van der Waals surface area contributed by atoms with Gasteiger partial charge in [-0.25, -0.2) is 0 Å². The summed E-state index contributed by atoms with van der Waals surface area (Å²) in [5.41, 5.74) is 2.82. The molecule has 1 nitrogen and oxygen atoms in total. The zero-order valence-corrected chi connectivity index (χ0v) is 8.50. The molecule has 3 rings (SSSR count). The molecule has 1 heteroatoms. The van der Waals surface area contributed by atoms with Crippen LogP contribution in [0.15, 0.2) is 24.3 Å². The SMILES string of the molecule is c1cc(C2CC2)ccc1NCC1CC1. The molecule has 0 heterocycles. The van der Waals surface area contributed by atoms with E-state index >= 15 is 0 Å². The Morgan fingerprint density at radius 3 is 2.29 bits per heavy atom. The molecule has 2 fully saturated rings. The van der Waals surface area contributed by atoms with Gasteiger partial charge in [0.2, 0.25) is 0 Å². The minimum atomic E-state index is 0.882. The zero-order valence-electron chi connectivity index (χ0n) is 8.50. The van der Waals surface area contributed by atoms with Crippen LogP contribution in [0.3, 0.4) is 0 Å². The molecule has 0 radical (unpaired) electrons. The van der Waals surface area contributed by atoms with Crippen molar-refractivity contribution in [3.63, 3.8) is 0 Å². The summed E-state index contributed by atoms with van der Waals surface area (Å²) >= 11 is 0. The van der Waals surface area contributed by atoms with Crippen molar-refractivity contribution in [1.29, 1.82) is 0 Å². The van der Waals surface area contributed by atoms with Crippen molar-refractivity contribution < 1.29 is 0 Å². The first-order valence-electron chi connectivity index (χ1n) is 5.75. The van der Waals surface area contributed by atoms with Gasteiger partial charge in [-0.1, -0.05) is 12.1 Å². The smallest absolute Gasteiger partial charge is 0.0340 e. The lowest BCUT2D eigenvalue weighted by Gasteiger charge is -2.05. The number of anilines is 1. The van der Waals surface area contributed by atoms with Crippen molar-refractivity contribution in [2.24, 2.45) is 5.92 Å². The summed E-state index contributed by atoms with van der Waals surface area (Å²) in [6.07, 6.45) is 5.64. The minimum Gasteiger partial charge on any atom is -0.385 e. The lowest BCUT2D eigenvalue weighted by Crippen LogP contribution is -2.02. The summed E-state index contributed by atoms with van der Waals surface area (Å²) in [4.78, 5) is 0. The number of benzene rings is 1. The van der Waals surface area contributed by atoms with E-state index in [4.69, 9.17) is 0 Å². The Bertz CT molecular complexity index is 307. The van der Waals surface area contributed by atoms with Gasteiger partial charge >= 0.3 is 0 Å². The molecule has 0 amide bonds. The maximum atomic E-state index is 3.49. The highest BCUT2D eigenvalue weighted by molar-refractivity contribution is 5.45. The predicted octanol–water partition coefficient (Wildman–Crippen LogP) is 3.39. The Labute approximate surface area is 85.5 Å². The van der Waals surface area contributed by atoms with Gasteiger partial charge in [-0.05, 0) is 55.2 Å². The molecule has 0 atom stereocenters. The molecule has 1 N–H and O–H groups in total. The van der Waals surface area contributed by atoms with Crippen molar-refractivity contribution in [2.45, 2.75) is 31.6 Å². The molecule has 2 saturated carbocycles. The van der Waals surface area contributed by atoms with Crippen molar-refractivity contribution in [3.8, 4) is 0 Å². The highest BCUT2D eigenvalue weighted by atomic mass is 14.9. The van der Waals surface area contributed by atoms with E-state index in [-0.39, 0.29) is 0 Å². The van der Waals surface area contributed by atoms with E-state index < -0.39 is 0 Å². The highest BCUT2D eigenvalue weighted by Crippen LogP contribution is 2.40. The first-order chi connectivity index (χ1) is 6.92. The van der Waals surface area contributed by atoms with Crippen LogP contribution in [0.5, 0.6) is 0 Å². The van der Waals surface area contributed by atoms with Crippen LogP contribution < -0.4 is 5.32 Å². The van der Waals surface area contributed by atoms with Gasteiger partial charge in [-0.2, -0.15) is 0 Å². The topological polar surface area (TPSA) is 12.0 Å². The van der Waals surface area contributed by atoms with E-state index in [1.165, 1.54) is 43.5 Å². The largest absolute Gasteiger partial charge is 0.385 e. The van der Waals surface area contributed by atoms with Gasteiger partial charge in [0.05, 0.1) is 0 Å². The molecule has 1 aromatic rings. The Balaban J connectivity index is 1.60. The van der Waals surface area contributed by atoms with Crippen LogP contribution in [0, 0.1) is 5.92 Å². The molecule has 74 valence electrons. The molecule has 0 spiro atoms. The summed E-state index contributed by atoms with van der Waals surface area (Å²) in [6, 6.07) is 9.03.